The molecule has 12 heavy (non-hydrogen) atoms. The maximum atomic E-state index is 8.77. The van der Waals surface area contributed by atoms with E-state index < -0.39 is 0 Å². The van der Waals surface area contributed by atoms with Gasteiger partial charge in [0.1, 0.15) is 11.1 Å². The molecule has 0 saturated carbocycles. The van der Waals surface area contributed by atoms with Crippen molar-refractivity contribution in [2.75, 3.05) is 5.73 Å². The Kier molecular flexibility index (Phi) is 2.39. The Morgan fingerprint density at radius 3 is 2.33 bits per heavy atom. The molecule has 1 aromatic rings. The molecule has 0 fully saturated rings. The van der Waals surface area contributed by atoms with Gasteiger partial charge in [0, 0.05) is 4.88 Å². The Morgan fingerprint density at radius 1 is 1.50 bits per heavy atom. The minimum absolute atomic E-state index is 0.458. The van der Waals surface area contributed by atoms with Crippen molar-refractivity contribution in [3.8, 4) is 6.07 Å². The van der Waals surface area contributed by atoms with Crippen molar-refractivity contribution in [1.82, 2.24) is 0 Å². The number of thiophene rings is 1. The van der Waals surface area contributed by atoms with Gasteiger partial charge >= 0.3 is 0 Å². The summed E-state index contributed by atoms with van der Waals surface area (Å²) in [5.74, 6) is 0.458. The number of nitrogen functional groups attached to an aromatic ring is 1. The van der Waals surface area contributed by atoms with Crippen LogP contribution >= 0.6 is 11.3 Å². The number of hydrogen-bond donors (Lipinski definition) is 1. The highest BCUT2D eigenvalue weighted by Crippen LogP contribution is 2.34. The van der Waals surface area contributed by atoms with Crippen LogP contribution in [0.25, 0.3) is 0 Å². The Labute approximate surface area is 76.6 Å². The van der Waals surface area contributed by atoms with Crippen molar-refractivity contribution in [2.45, 2.75) is 26.7 Å². The standard InChI is InChI=1S/C9H12N2S/c1-5(2)8-6(3)7(4-10)9(11)12-8/h5H,11H2,1-3H3. The monoisotopic (exact) mass is 180 g/mol. The second-order valence-corrected chi connectivity index (χ2v) is 4.18. The largest absolute Gasteiger partial charge is 0.389 e. The van der Waals surface area contributed by atoms with Gasteiger partial charge in [-0.3, -0.25) is 0 Å². The smallest absolute Gasteiger partial charge is 0.104 e. The number of nitrogens with two attached hydrogens (primary N) is 1. The molecule has 0 saturated heterocycles. The first-order chi connectivity index (χ1) is 5.57. The molecule has 0 amide bonds. The summed E-state index contributed by atoms with van der Waals surface area (Å²) in [6, 6.07) is 2.12. The van der Waals surface area contributed by atoms with Crippen LogP contribution < -0.4 is 5.73 Å². The third-order valence-corrected chi connectivity index (χ3v) is 3.27. The van der Waals surface area contributed by atoms with Crippen LogP contribution in [-0.2, 0) is 0 Å². The van der Waals surface area contributed by atoms with E-state index in [0.29, 0.717) is 16.5 Å². The fourth-order valence-electron chi connectivity index (χ4n) is 1.24. The summed E-state index contributed by atoms with van der Waals surface area (Å²) in [6.07, 6.45) is 0. The van der Waals surface area contributed by atoms with Crippen LogP contribution in [0.4, 0.5) is 5.00 Å². The van der Waals surface area contributed by atoms with E-state index in [4.69, 9.17) is 11.0 Å². The summed E-state index contributed by atoms with van der Waals surface area (Å²) in [5, 5.41) is 9.42. The highest BCUT2D eigenvalue weighted by atomic mass is 32.1. The van der Waals surface area contributed by atoms with Crippen LogP contribution in [0.15, 0.2) is 0 Å². The average Bonchev–Trinajstić information content (AvgIpc) is 2.27. The highest BCUT2D eigenvalue weighted by Gasteiger charge is 2.14. The first-order valence-electron chi connectivity index (χ1n) is 3.86. The van der Waals surface area contributed by atoms with Crippen molar-refractivity contribution >= 4 is 16.3 Å². The molecule has 1 rings (SSSR count). The van der Waals surface area contributed by atoms with Gasteiger partial charge in [-0.2, -0.15) is 5.26 Å². The van der Waals surface area contributed by atoms with E-state index >= 15 is 0 Å². The Hall–Kier alpha value is -1.01. The lowest BCUT2D eigenvalue weighted by molar-refractivity contribution is 0.880. The summed E-state index contributed by atoms with van der Waals surface area (Å²) in [7, 11) is 0. The molecule has 64 valence electrons. The first-order valence-corrected chi connectivity index (χ1v) is 4.68. The van der Waals surface area contributed by atoms with Gasteiger partial charge in [0.05, 0.1) is 5.56 Å². The molecule has 0 atom stereocenters. The van der Waals surface area contributed by atoms with Gasteiger partial charge in [-0.1, -0.05) is 13.8 Å². The maximum Gasteiger partial charge on any atom is 0.104 e. The van der Waals surface area contributed by atoms with E-state index in [0.717, 1.165) is 5.56 Å². The molecule has 1 heterocycles. The molecule has 3 heteroatoms. The van der Waals surface area contributed by atoms with Crippen molar-refractivity contribution in [3.63, 3.8) is 0 Å². The molecule has 2 nitrogen and oxygen atoms in total. The van der Waals surface area contributed by atoms with Crippen LogP contribution in [0, 0.1) is 18.3 Å². The Morgan fingerprint density at radius 2 is 2.08 bits per heavy atom. The van der Waals surface area contributed by atoms with E-state index in [9.17, 15) is 0 Å². The summed E-state index contributed by atoms with van der Waals surface area (Å²) < 4.78 is 0. The number of hydrogen-bond acceptors (Lipinski definition) is 3. The quantitative estimate of drug-likeness (QED) is 0.722. The molecule has 1 aromatic heterocycles. The van der Waals surface area contributed by atoms with E-state index in [2.05, 4.69) is 19.9 Å². The van der Waals surface area contributed by atoms with Crippen LogP contribution in [0.1, 0.15) is 35.8 Å². The van der Waals surface area contributed by atoms with E-state index in [-0.39, 0.29) is 0 Å². The third-order valence-electron chi connectivity index (χ3n) is 1.85. The normalized spacial score (nSPS) is 10.2. The third kappa shape index (κ3) is 1.30. The maximum absolute atomic E-state index is 8.77. The average molecular weight is 180 g/mol. The molecule has 0 aliphatic rings. The molecule has 0 bridgehead atoms. The predicted octanol–water partition coefficient (Wildman–Crippen LogP) is 2.63. The van der Waals surface area contributed by atoms with Gasteiger partial charge in [0.2, 0.25) is 0 Å². The first kappa shape index (κ1) is 9.08. The van der Waals surface area contributed by atoms with Crippen molar-refractivity contribution in [2.24, 2.45) is 0 Å². The van der Waals surface area contributed by atoms with Gasteiger partial charge in [0.25, 0.3) is 0 Å². The molecule has 0 radical (unpaired) electrons. The second kappa shape index (κ2) is 3.16. The van der Waals surface area contributed by atoms with Crippen molar-refractivity contribution in [3.05, 3.63) is 16.0 Å². The molecule has 2 N–H and O–H groups in total. The summed E-state index contributed by atoms with van der Waals surface area (Å²) in [5.41, 5.74) is 7.39. The molecule has 0 spiro atoms. The Balaban J connectivity index is 3.29. The zero-order chi connectivity index (χ0) is 9.30. The van der Waals surface area contributed by atoms with E-state index in [1.54, 1.807) is 0 Å². The molecular formula is C9H12N2S. The topological polar surface area (TPSA) is 49.8 Å². The van der Waals surface area contributed by atoms with Crippen LogP contribution in [0.2, 0.25) is 0 Å². The molecule has 0 unspecified atom stereocenters. The lowest BCUT2D eigenvalue weighted by Gasteiger charge is -2.00. The van der Waals surface area contributed by atoms with E-state index in [1.807, 2.05) is 6.92 Å². The molecule has 0 aliphatic heterocycles. The van der Waals surface area contributed by atoms with Crippen molar-refractivity contribution in [1.29, 1.82) is 5.26 Å². The fourth-order valence-corrected chi connectivity index (χ4v) is 2.27. The summed E-state index contributed by atoms with van der Waals surface area (Å²) in [4.78, 5) is 1.23. The van der Waals surface area contributed by atoms with Crippen LogP contribution in [-0.4, -0.2) is 0 Å². The van der Waals surface area contributed by atoms with Gasteiger partial charge in [0.15, 0.2) is 0 Å². The van der Waals surface area contributed by atoms with Crippen LogP contribution in [0.3, 0.4) is 0 Å². The van der Waals surface area contributed by atoms with E-state index in [1.165, 1.54) is 16.2 Å². The highest BCUT2D eigenvalue weighted by molar-refractivity contribution is 7.16. The SMILES string of the molecule is Cc1c(C(C)C)sc(N)c1C#N. The van der Waals surface area contributed by atoms with Gasteiger partial charge < -0.3 is 5.73 Å². The summed E-state index contributed by atoms with van der Waals surface area (Å²) in [6.45, 7) is 6.18. The minimum Gasteiger partial charge on any atom is -0.389 e. The zero-order valence-electron chi connectivity index (χ0n) is 7.51. The number of rotatable bonds is 1. The predicted molar refractivity (Wildman–Crippen MR) is 52.3 cm³/mol. The zero-order valence-corrected chi connectivity index (χ0v) is 8.33. The van der Waals surface area contributed by atoms with Gasteiger partial charge in [-0.05, 0) is 18.4 Å². The molecular weight excluding hydrogens is 168 g/mol. The molecule has 0 aromatic carbocycles. The number of nitrogens with zero attached hydrogens (tertiary/aromatic N) is 1. The van der Waals surface area contributed by atoms with Gasteiger partial charge in [-0.15, -0.1) is 11.3 Å². The van der Waals surface area contributed by atoms with Gasteiger partial charge in [-0.25, -0.2) is 0 Å². The second-order valence-electron chi connectivity index (χ2n) is 3.10. The number of anilines is 1. The summed E-state index contributed by atoms with van der Waals surface area (Å²) >= 11 is 1.53. The lowest BCUT2D eigenvalue weighted by Crippen LogP contribution is -1.87. The number of nitriles is 1. The molecule has 0 aliphatic carbocycles. The van der Waals surface area contributed by atoms with Crippen molar-refractivity contribution < 1.29 is 0 Å². The minimum atomic E-state index is 0.458. The Bertz CT molecular complexity index is 331. The lowest BCUT2D eigenvalue weighted by atomic mass is 10.1. The fraction of sp³-hybridized carbons (Fsp3) is 0.444. The van der Waals surface area contributed by atoms with Crippen LogP contribution in [0.5, 0.6) is 0 Å².